The van der Waals surface area contributed by atoms with Crippen molar-refractivity contribution in [2.75, 3.05) is 0 Å². The van der Waals surface area contributed by atoms with E-state index in [0.717, 1.165) is 12.1 Å². The molecule has 0 atom stereocenters. The molecular formula is C7H7ClN4. The Morgan fingerprint density at radius 2 is 2.33 bits per heavy atom. The Hall–Kier alpha value is -1.16. The zero-order chi connectivity index (χ0) is 8.55. The molecule has 0 unspecified atom stereocenters. The second kappa shape index (κ2) is 2.71. The molecule has 2 aromatic heterocycles. The second-order valence-electron chi connectivity index (χ2n) is 2.38. The molecule has 4 nitrogen and oxygen atoms in total. The summed E-state index contributed by atoms with van der Waals surface area (Å²) in [6, 6.07) is 0. The first kappa shape index (κ1) is 7.49. The molecule has 0 aliphatic rings. The lowest BCUT2D eigenvalue weighted by Gasteiger charge is -1.89. The quantitative estimate of drug-likeness (QED) is 0.628. The molecule has 2 heterocycles. The first-order valence-corrected chi connectivity index (χ1v) is 4.02. The number of aromatic nitrogens is 4. The van der Waals surface area contributed by atoms with Crippen LogP contribution in [0.3, 0.4) is 0 Å². The number of hydrogen-bond acceptors (Lipinski definition) is 3. The molecule has 0 fully saturated rings. The third kappa shape index (κ3) is 1.04. The lowest BCUT2D eigenvalue weighted by molar-refractivity contribution is 0.667. The van der Waals surface area contributed by atoms with Gasteiger partial charge in [-0.25, -0.2) is 9.97 Å². The van der Waals surface area contributed by atoms with Crippen LogP contribution in [0.2, 0.25) is 5.15 Å². The summed E-state index contributed by atoms with van der Waals surface area (Å²) in [6.07, 6.45) is 3.29. The molecule has 0 spiro atoms. The SMILES string of the molecule is CCn1cc2ncnc(Cl)c2n1. The highest BCUT2D eigenvalue weighted by Crippen LogP contribution is 2.15. The van der Waals surface area contributed by atoms with Crippen molar-refractivity contribution in [1.82, 2.24) is 19.7 Å². The number of aryl methyl sites for hydroxylation is 1. The average molecular weight is 183 g/mol. The van der Waals surface area contributed by atoms with Crippen LogP contribution >= 0.6 is 11.6 Å². The minimum absolute atomic E-state index is 0.409. The maximum Gasteiger partial charge on any atom is 0.160 e. The molecule has 0 saturated heterocycles. The molecule has 62 valence electrons. The van der Waals surface area contributed by atoms with Crippen molar-refractivity contribution in [3.8, 4) is 0 Å². The minimum atomic E-state index is 0.409. The van der Waals surface area contributed by atoms with E-state index in [2.05, 4.69) is 15.1 Å². The Morgan fingerprint density at radius 1 is 1.50 bits per heavy atom. The van der Waals surface area contributed by atoms with Crippen LogP contribution in [-0.2, 0) is 6.54 Å². The van der Waals surface area contributed by atoms with E-state index in [0.29, 0.717) is 10.7 Å². The molecule has 0 radical (unpaired) electrons. The maximum atomic E-state index is 5.80. The van der Waals surface area contributed by atoms with E-state index in [-0.39, 0.29) is 0 Å². The molecule has 0 aliphatic carbocycles. The zero-order valence-electron chi connectivity index (χ0n) is 6.53. The van der Waals surface area contributed by atoms with Gasteiger partial charge in [0.25, 0.3) is 0 Å². The van der Waals surface area contributed by atoms with E-state index < -0.39 is 0 Å². The standard InChI is InChI=1S/C7H7ClN4/c1-2-12-3-5-6(11-12)7(8)10-4-9-5/h3-4H,2H2,1H3. The monoisotopic (exact) mass is 182 g/mol. The van der Waals surface area contributed by atoms with Gasteiger partial charge in [-0.1, -0.05) is 11.6 Å². The molecule has 12 heavy (non-hydrogen) atoms. The van der Waals surface area contributed by atoms with Crippen LogP contribution in [0.15, 0.2) is 12.5 Å². The topological polar surface area (TPSA) is 43.6 Å². The normalized spacial score (nSPS) is 10.8. The fourth-order valence-electron chi connectivity index (χ4n) is 1.02. The van der Waals surface area contributed by atoms with E-state index in [4.69, 9.17) is 11.6 Å². The van der Waals surface area contributed by atoms with Gasteiger partial charge >= 0.3 is 0 Å². The van der Waals surface area contributed by atoms with E-state index >= 15 is 0 Å². The summed E-state index contributed by atoms with van der Waals surface area (Å²) in [4.78, 5) is 7.87. The lowest BCUT2D eigenvalue weighted by atomic mass is 10.5. The number of rotatable bonds is 1. The van der Waals surface area contributed by atoms with Crippen LogP contribution in [0.5, 0.6) is 0 Å². The molecule has 2 aromatic rings. The number of fused-ring (bicyclic) bond motifs is 1. The zero-order valence-corrected chi connectivity index (χ0v) is 7.28. The predicted octanol–water partition coefficient (Wildman–Crippen LogP) is 1.50. The first-order chi connectivity index (χ1) is 5.81. The largest absolute Gasteiger partial charge is 0.270 e. The maximum absolute atomic E-state index is 5.80. The van der Waals surface area contributed by atoms with E-state index in [9.17, 15) is 0 Å². The van der Waals surface area contributed by atoms with Crippen LogP contribution < -0.4 is 0 Å². The van der Waals surface area contributed by atoms with Gasteiger partial charge in [0.05, 0.1) is 6.20 Å². The second-order valence-corrected chi connectivity index (χ2v) is 2.74. The van der Waals surface area contributed by atoms with Crippen molar-refractivity contribution < 1.29 is 0 Å². The summed E-state index contributed by atoms with van der Waals surface area (Å²) >= 11 is 5.80. The van der Waals surface area contributed by atoms with Gasteiger partial charge in [-0.2, -0.15) is 5.10 Å². The number of halogens is 1. The molecule has 0 N–H and O–H groups in total. The highest BCUT2D eigenvalue weighted by molar-refractivity contribution is 6.33. The van der Waals surface area contributed by atoms with Crippen molar-refractivity contribution in [1.29, 1.82) is 0 Å². The van der Waals surface area contributed by atoms with Crippen LogP contribution in [0, 0.1) is 0 Å². The van der Waals surface area contributed by atoms with Gasteiger partial charge in [-0.3, -0.25) is 4.68 Å². The molecule has 0 amide bonds. The van der Waals surface area contributed by atoms with E-state index in [1.165, 1.54) is 6.33 Å². The molecule has 0 saturated carbocycles. The number of hydrogen-bond donors (Lipinski definition) is 0. The minimum Gasteiger partial charge on any atom is -0.270 e. The van der Waals surface area contributed by atoms with E-state index in [1.807, 2.05) is 13.1 Å². The van der Waals surface area contributed by atoms with Gasteiger partial charge in [0.1, 0.15) is 17.4 Å². The summed E-state index contributed by atoms with van der Waals surface area (Å²) < 4.78 is 1.78. The first-order valence-electron chi connectivity index (χ1n) is 3.65. The van der Waals surface area contributed by atoms with Crippen molar-refractivity contribution >= 4 is 22.6 Å². The van der Waals surface area contributed by atoms with Crippen LogP contribution in [0.1, 0.15) is 6.92 Å². The Labute approximate surface area is 74.2 Å². The Morgan fingerprint density at radius 3 is 3.00 bits per heavy atom. The molecule has 0 bridgehead atoms. The van der Waals surface area contributed by atoms with Crippen LogP contribution in [0.25, 0.3) is 11.0 Å². The van der Waals surface area contributed by atoms with E-state index in [1.54, 1.807) is 4.68 Å². The Balaban J connectivity index is 2.74. The fourth-order valence-corrected chi connectivity index (χ4v) is 1.20. The van der Waals surface area contributed by atoms with Gasteiger partial charge in [0, 0.05) is 6.54 Å². The Bertz CT molecular complexity index is 409. The van der Waals surface area contributed by atoms with Gasteiger partial charge in [-0.15, -0.1) is 0 Å². The smallest absolute Gasteiger partial charge is 0.160 e. The van der Waals surface area contributed by atoms with Gasteiger partial charge < -0.3 is 0 Å². The highest BCUT2D eigenvalue weighted by atomic mass is 35.5. The summed E-state index contributed by atoms with van der Waals surface area (Å²) in [5.41, 5.74) is 1.46. The van der Waals surface area contributed by atoms with Gasteiger partial charge in [-0.05, 0) is 6.92 Å². The molecule has 5 heteroatoms. The van der Waals surface area contributed by atoms with Crippen molar-refractivity contribution in [2.24, 2.45) is 0 Å². The van der Waals surface area contributed by atoms with Crippen molar-refractivity contribution in [3.05, 3.63) is 17.7 Å². The van der Waals surface area contributed by atoms with Gasteiger partial charge in [0.15, 0.2) is 5.15 Å². The van der Waals surface area contributed by atoms with Crippen molar-refractivity contribution in [2.45, 2.75) is 13.5 Å². The molecular weight excluding hydrogens is 176 g/mol. The predicted molar refractivity (Wildman–Crippen MR) is 46.0 cm³/mol. The van der Waals surface area contributed by atoms with Crippen molar-refractivity contribution in [3.63, 3.8) is 0 Å². The molecule has 0 aliphatic heterocycles. The summed E-state index contributed by atoms with van der Waals surface area (Å²) in [7, 11) is 0. The Kier molecular flexibility index (Phi) is 1.69. The highest BCUT2D eigenvalue weighted by Gasteiger charge is 2.04. The van der Waals surface area contributed by atoms with Gasteiger partial charge in [0.2, 0.25) is 0 Å². The average Bonchev–Trinajstić information content (AvgIpc) is 2.49. The lowest BCUT2D eigenvalue weighted by Crippen LogP contribution is -1.92. The third-order valence-corrected chi connectivity index (χ3v) is 1.91. The summed E-state index contributed by atoms with van der Waals surface area (Å²) in [6.45, 7) is 2.82. The van der Waals surface area contributed by atoms with Crippen LogP contribution in [-0.4, -0.2) is 19.7 Å². The van der Waals surface area contributed by atoms with Crippen LogP contribution in [0.4, 0.5) is 0 Å². The molecule has 0 aromatic carbocycles. The fraction of sp³-hybridized carbons (Fsp3) is 0.286. The summed E-state index contributed by atoms with van der Waals surface area (Å²) in [5, 5.41) is 4.60. The summed E-state index contributed by atoms with van der Waals surface area (Å²) in [5.74, 6) is 0. The molecule has 2 rings (SSSR count). The number of nitrogens with zero attached hydrogens (tertiary/aromatic N) is 4. The third-order valence-electron chi connectivity index (χ3n) is 1.63.